The maximum absolute atomic E-state index is 11.9. The molecule has 0 atom stereocenters. The Kier molecular flexibility index (Phi) is 3.04. The number of carbonyl (C=O) groups excluding carboxylic acids is 1. The molecule has 4 nitrogen and oxygen atoms in total. The molecule has 1 aliphatic heterocycles. The molecule has 3 aliphatic rings. The van der Waals surface area contributed by atoms with E-state index in [1.54, 1.807) is 0 Å². The van der Waals surface area contributed by atoms with Crippen LogP contribution in [0.5, 0.6) is 0 Å². The summed E-state index contributed by atoms with van der Waals surface area (Å²) in [6.45, 7) is 1.28. The van der Waals surface area contributed by atoms with Crippen LogP contribution in [0.2, 0.25) is 0 Å². The van der Waals surface area contributed by atoms with Crippen LogP contribution in [-0.4, -0.2) is 35.5 Å². The molecule has 0 unspecified atom stereocenters. The average molecular weight is 252 g/mol. The Morgan fingerprint density at radius 3 is 2.39 bits per heavy atom. The van der Waals surface area contributed by atoms with E-state index in [0.717, 1.165) is 12.8 Å². The lowest BCUT2D eigenvalue weighted by molar-refractivity contribution is -0.197. The molecule has 1 N–H and O–H groups in total. The summed E-state index contributed by atoms with van der Waals surface area (Å²) in [4.78, 5) is 11.9. The van der Waals surface area contributed by atoms with E-state index in [9.17, 15) is 9.90 Å². The summed E-state index contributed by atoms with van der Waals surface area (Å²) in [5, 5.41) is 10.7. The van der Waals surface area contributed by atoms with Crippen LogP contribution in [0.15, 0.2) is 11.6 Å². The summed E-state index contributed by atoms with van der Waals surface area (Å²) >= 11 is 0. The minimum atomic E-state index is -0.946. The highest BCUT2D eigenvalue weighted by Crippen LogP contribution is 2.44. The van der Waals surface area contributed by atoms with E-state index in [0.29, 0.717) is 50.9 Å². The first-order valence-corrected chi connectivity index (χ1v) is 6.88. The van der Waals surface area contributed by atoms with E-state index in [4.69, 9.17) is 9.47 Å². The summed E-state index contributed by atoms with van der Waals surface area (Å²) in [5.41, 5.74) is -0.306. The number of hydrogen-bond donors (Lipinski definition) is 1. The predicted octanol–water partition coefficient (Wildman–Crippen LogP) is 1.71. The van der Waals surface area contributed by atoms with E-state index in [1.165, 1.54) is 0 Å². The fourth-order valence-corrected chi connectivity index (χ4v) is 3.31. The van der Waals surface area contributed by atoms with Crippen LogP contribution in [0.3, 0.4) is 0 Å². The van der Waals surface area contributed by atoms with Crippen LogP contribution in [0.4, 0.5) is 0 Å². The van der Waals surface area contributed by atoms with Crippen molar-refractivity contribution in [2.45, 2.75) is 56.3 Å². The number of ether oxygens (including phenoxy) is 2. The van der Waals surface area contributed by atoms with Gasteiger partial charge in [0, 0.05) is 24.8 Å². The second kappa shape index (κ2) is 4.44. The molecule has 100 valence electrons. The summed E-state index contributed by atoms with van der Waals surface area (Å²) in [5.74, 6) is -0.363. The van der Waals surface area contributed by atoms with Gasteiger partial charge in [0.15, 0.2) is 11.6 Å². The van der Waals surface area contributed by atoms with Crippen molar-refractivity contribution in [2.75, 3.05) is 13.2 Å². The van der Waals surface area contributed by atoms with Crippen LogP contribution < -0.4 is 0 Å². The van der Waals surface area contributed by atoms with Gasteiger partial charge in [-0.2, -0.15) is 0 Å². The van der Waals surface area contributed by atoms with Gasteiger partial charge in [-0.25, -0.2) is 0 Å². The Bertz CT molecular complexity index is 369. The van der Waals surface area contributed by atoms with Crippen LogP contribution in [-0.2, 0) is 14.3 Å². The van der Waals surface area contributed by atoms with Gasteiger partial charge < -0.3 is 14.6 Å². The highest BCUT2D eigenvalue weighted by atomic mass is 16.7. The van der Waals surface area contributed by atoms with E-state index >= 15 is 0 Å². The fraction of sp³-hybridized carbons (Fsp3) is 0.786. The van der Waals surface area contributed by atoms with Crippen LogP contribution in [0.25, 0.3) is 0 Å². The van der Waals surface area contributed by atoms with Gasteiger partial charge in [0.1, 0.15) is 0 Å². The molecule has 1 spiro atoms. The first kappa shape index (κ1) is 12.3. The Morgan fingerprint density at radius 2 is 1.78 bits per heavy atom. The summed E-state index contributed by atoms with van der Waals surface area (Å²) in [7, 11) is 0. The SMILES string of the molecule is O=C1CCCC=C1C1(O)CCC2(CC1)OCCO2. The molecule has 0 radical (unpaired) electrons. The molecule has 0 aromatic carbocycles. The van der Waals surface area contributed by atoms with Gasteiger partial charge in [-0.1, -0.05) is 6.08 Å². The number of aliphatic hydroxyl groups is 1. The first-order chi connectivity index (χ1) is 8.64. The van der Waals surface area contributed by atoms with Crippen LogP contribution >= 0.6 is 0 Å². The van der Waals surface area contributed by atoms with E-state index in [1.807, 2.05) is 6.08 Å². The predicted molar refractivity (Wildman–Crippen MR) is 65.0 cm³/mol. The Morgan fingerprint density at radius 1 is 1.11 bits per heavy atom. The quantitative estimate of drug-likeness (QED) is 0.772. The third-order valence-electron chi connectivity index (χ3n) is 4.41. The average Bonchev–Trinajstić information content (AvgIpc) is 2.83. The zero-order valence-electron chi connectivity index (χ0n) is 10.6. The molecule has 2 aliphatic carbocycles. The van der Waals surface area contributed by atoms with Crippen molar-refractivity contribution < 1.29 is 19.4 Å². The number of allylic oxidation sites excluding steroid dienone is 1. The van der Waals surface area contributed by atoms with E-state index < -0.39 is 11.4 Å². The highest BCUT2D eigenvalue weighted by Gasteiger charge is 2.48. The molecule has 0 aromatic heterocycles. The second-order valence-electron chi connectivity index (χ2n) is 5.57. The minimum absolute atomic E-state index is 0.118. The zero-order valence-corrected chi connectivity index (χ0v) is 10.6. The third-order valence-corrected chi connectivity index (χ3v) is 4.41. The molecule has 1 saturated heterocycles. The van der Waals surface area contributed by atoms with Crippen molar-refractivity contribution >= 4 is 5.78 Å². The van der Waals surface area contributed by atoms with Gasteiger partial charge in [-0.15, -0.1) is 0 Å². The molecule has 4 heteroatoms. The third kappa shape index (κ3) is 2.02. The summed E-state index contributed by atoms with van der Waals surface area (Å²) in [6, 6.07) is 0. The minimum Gasteiger partial charge on any atom is -0.385 e. The number of hydrogen-bond acceptors (Lipinski definition) is 4. The lowest BCUT2D eigenvalue weighted by Crippen LogP contribution is -2.46. The number of Topliss-reactive ketones (excluding diaryl/α,β-unsaturated/α-hetero) is 1. The van der Waals surface area contributed by atoms with Crippen molar-refractivity contribution in [3.63, 3.8) is 0 Å². The van der Waals surface area contributed by atoms with Gasteiger partial charge in [-0.05, 0) is 25.7 Å². The van der Waals surface area contributed by atoms with E-state index in [-0.39, 0.29) is 5.78 Å². The lowest BCUT2D eigenvalue weighted by Gasteiger charge is -2.42. The van der Waals surface area contributed by atoms with Gasteiger partial charge >= 0.3 is 0 Å². The van der Waals surface area contributed by atoms with Crippen molar-refractivity contribution in [1.82, 2.24) is 0 Å². The van der Waals surface area contributed by atoms with Gasteiger partial charge in [-0.3, -0.25) is 4.79 Å². The molecule has 3 rings (SSSR count). The van der Waals surface area contributed by atoms with Gasteiger partial charge in [0.2, 0.25) is 0 Å². The highest BCUT2D eigenvalue weighted by molar-refractivity contribution is 5.97. The smallest absolute Gasteiger partial charge is 0.168 e. The molecular formula is C14H20O4. The van der Waals surface area contributed by atoms with Crippen molar-refractivity contribution in [2.24, 2.45) is 0 Å². The lowest BCUT2D eigenvalue weighted by atomic mass is 9.73. The maximum Gasteiger partial charge on any atom is 0.168 e. The van der Waals surface area contributed by atoms with Crippen LogP contribution in [0.1, 0.15) is 44.9 Å². The Hall–Kier alpha value is -0.710. The normalized spacial score (nSPS) is 30.5. The van der Waals surface area contributed by atoms with Gasteiger partial charge in [0.25, 0.3) is 0 Å². The van der Waals surface area contributed by atoms with Crippen LogP contribution in [0, 0.1) is 0 Å². The summed E-state index contributed by atoms with van der Waals surface area (Å²) < 4.78 is 11.3. The standard InChI is InChI=1S/C14H20O4/c15-12-4-2-1-3-11(12)13(16)5-7-14(8-6-13)17-9-10-18-14/h3,16H,1-2,4-10H2. The fourth-order valence-electron chi connectivity index (χ4n) is 3.31. The largest absolute Gasteiger partial charge is 0.385 e. The van der Waals surface area contributed by atoms with Crippen molar-refractivity contribution in [3.8, 4) is 0 Å². The summed E-state index contributed by atoms with van der Waals surface area (Å²) in [6.07, 6.45) is 6.79. The zero-order chi connectivity index (χ0) is 12.6. The van der Waals surface area contributed by atoms with Gasteiger partial charge in [0.05, 0.1) is 18.8 Å². The van der Waals surface area contributed by atoms with E-state index in [2.05, 4.69) is 0 Å². The molecule has 0 aromatic rings. The number of ketones is 1. The molecule has 1 heterocycles. The molecular weight excluding hydrogens is 232 g/mol. The maximum atomic E-state index is 11.9. The molecule has 18 heavy (non-hydrogen) atoms. The van der Waals surface area contributed by atoms with Crippen molar-refractivity contribution in [3.05, 3.63) is 11.6 Å². The molecule has 1 saturated carbocycles. The second-order valence-corrected chi connectivity index (χ2v) is 5.57. The molecule has 0 amide bonds. The molecule has 0 bridgehead atoms. The van der Waals surface area contributed by atoms with Crippen molar-refractivity contribution in [1.29, 1.82) is 0 Å². The monoisotopic (exact) mass is 252 g/mol. The number of carbonyl (C=O) groups is 1. The first-order valence-electron chi connectivity index (χ1n) is 6.88. The number of rotatable bonds is 1. The topological polar surface area (TPSA) is 55.8 Å². The molecule has 2 fully saturated rings. The Labute approximate surface area is 107 Å². The Balaban J connectivity index is 1.73.